The lowest BCUT2D eigenvalue weighted by Crippen LogP contribution is -2.27. The van der Waals surface area contributed by atoms with Crippen LogP contribution in [0.25, 0.3) is 16.8 Å². The third-order valence-corrected chi connectivity index (χ3v) is 7.62. The Morgan fingerprint density at radius 3 is 2.39 bits per heavy atom. The molecule has 5 rings (SSSR count). The molecule has 1 fully saturated rings. The van der Waals surface area contributed by atoms with Gasteiger partial charge in [-0.1, -0.05) is 71.7 Å². The van der Waals surface area contributed by atoms with Crippen LogP contribution in [0.4, 0.5) is 4.79 Å². The topological polar surface area (TPSA) is 55.8 Å². The monoisotopic (exact) mass is 563 g/mol. The molecular formula is C30H23Cl2NO4S. The first kappa shape index (κ1) is 26.2. The van der Waals surface area contributed by atoms with Gasteiger partial charge in [0.1, 0.15) is 6.61 Å². The van der Waals surface area contributed by atoms with Crippen LogP contribution in [0.2, 0.25) is 10.0 Å². The molecule has 0 spiro atoms. The molecule has 0 bridgehead atoms. The highest BCUT2D eigenvalue weighted by atomic mass is 35.5. The fraction of sp³-hybridized carbons (Fsp3) is 0.133. The number of carbonyl (C=O) groups excluding carboxylic acids is 2. The second-order valence-corrected chi connectivity index (χ2v) is 10.4. The van der Waals surface area contributed by atoms with Crippen molar-refractivity contribution in [1.29, 1.82) is 0 Å². The predicted octanol–water partition coefficient (Wildman–Crippen LogP) is 8.36. The molecule has 4 aromatic rings. The van der Waals surface area contributed by atoms with Crippen LogP contribution >= 0.6 is 35.0 Å². The van der Waals surface area contributed by atoms with Gasteiger partial charge in [0, 0.05) is 0 Å². The molecule has 0 aromatic heterocycles. The number of hydrogen-bond donors (Lipinski definition) is 0. The minimum absolute atomic E-state index is 0.116. The van der Waals surface area contributed by atoms with E-state index in [9.17, 15) is 9.59 Å². The standard InChI is InChI=1S/C30H23Cl2NO4S/c1-2-36-27-15-19(9-12-26(27)37-18-21-7-10-22-5-3-4-6-23(22)13-21)16-28-29(34)33(30(35)38-28)17-20-8-11-24(31)25(32)14-20/h3-16H,2,17-18H2,1H3/b28-16-. The Morgan fingerprint density at radius 2 is 1.61 bits per heavy atom. The first-order chi connectivity index (χ1) is 18.4. The Hall–Kier alpha value is -3.45. The van der Waals surface area contributed by atoms with Crippen molar-refractivity contribution in [3.8, 4) is 11.5 Å². The van der Waals surface area contributed by atoms with Crippen molar-refractivity contribution in [2.45, 2.75) is 20.1 Å². The zero-order chi connectivity index (χ0) is 26.6. The molecule has 1 heterocycles. The molecular weight excluding hydrogens is 541 g/mol. The summed E-state index contributed by atoms with van der Waals surface area (Å²) in [5.41, 5.74) is 2.49. The Kier molecular flexibility index (Phi) is 7.93. The predicted molar refractivity (Wildman–Crippen MR) is 154 cm³/mol. The van der Waals surface area contributed by atoms with Crippen molar-refractivity contribution < 1.29 is 19.1 Å². The summed E-state index contributed by atoms with van der Waals surface area (Å²) >= 11 is 13.0. The number of carbonyl (C=O) groups is 2. The van der Waals surface area contributed by atoms with E-state index in [1.807, 2.05) is 43.3 Å². The average Bonchev–Trinajstić information content (AvgIpc) is 3.17. The van der Waals surface area contributed by atoms with E-state index < -0.39 is 0 Å². The Bertz CT molecular complexity index is 1570. The summed E-state index contributed by atoms with van der Waals surface area (Å²) in [6.07, 6.45) is 1.69. The zero-order valence-electron chi connectivity index (χ0n) is 20.4. The van der Waals surface area contributed by atoms with Gasteiger partial charge >= 0.3 is 0 Å². The maximum absolute atomic E-state index is 13.0. The summed E-state index contributed by atoms with van der Waals surface area (Å²) in [7, 11) is 0. The molecule has 0 N–H and O–H groups in total. The largest absolute Gasteiger partial charge is 0.490 e. The Morgan fingerprint density at radius 1 is 0.816 bits per heavy atom. The van der Waals surface area contributed by atoms with Crippen molar-refractivity contribution in [2.75, 3.05) is 6.61 Å². The number of thioether (sulfide) groups is 1. The lowest BCUT2D eigenvalue weighted by molar-refractivity contribution is -0.123. The second kappa shape index (κ2) is 11.5. The molecule has 1 aliphatic rings. The number of halogens is 2. The summed E-state index contributed by atoms with van der Waals surface area (Å²) in [5.74, 6) is 0.808. The van der Waals surface area contributed by atoms with Crippen LogP contribution in [-0.4, -0.2) is 22.7 Å². The highest BCUT2D eigenvalue weighted by Gasteiger charge is 2.35. The third-order valence-electron chi connectivity index (χ3n) is 5.97. The van der Waals surface area contributed by atoms with Gasteiger partial charge in [0.2, 0.25) is 0 Å². The van der Waals surface area contributed by atoms with E-state index in [-0.39, 0.29) is 17.7 Å². The quantitative estimate of drug-likeness (QED) is 0.201. The third kappa shape index (κ3) is 5.83. The fourth-order valence-corrected chi connectivity index (χ4v) is 5.26. The highest BCUT2D eigenvalue weighted by Crippen LogP contribution is 2.36. The van der Waals surface area contributed by atoms with Gasteiger partial charge in [-0.3, -0.25) is 14.5 Å². The normalized spacial score (nSPS) is 14.5. The number of ether oxygens (including phenoxy) is 2. The SMILES string of the molecule is CCOc1cc(/C=C2\SC(=O)N(Cc3ccc(Cl)c(Cl)c3)C2=O)ccc1OCc1ccc2ccccc2c1. The smallest absolute Gasteiger partial charge is 0.293 e. The average molecular weight is 564 g/mol. The molecule has 1 saturated heterocycles. The summed E-state index contributed by atoms with van der Waals surface area (Å²) in [6, 6.07) is 24.9. The van der Waals surface area contributed by atoms with Gasteiger partial charge < -0.3 is 9.47 Å². The van der Waals surface area contributed by atoms with Crippen LogP contribution in [0.1, 0.15) is 23.6 Å². The molecule has 2 amide bonds. The van der Waals surface area contributed by atoms with Gasteiger partial charge in [0.05, 0.1) is 28.1 Å². The molecule has 4 aromatic carbocycles. The van der Waals surface area contributed by atoms with Gasteiger partial charge in [-0.15, -0.1) is 0 Å². The lowest BCUT2D eigenvalue weighted by Gasteiger charge is -2.14. The van der Waals surface area contributed by atoms with E-state index in [2.05, 4.69) is 24.3 Å². The van der Waals surface area contributed by atoms with Crippen LogP contribution in [-0.2, 0) is 17.9 Å². The molecule has 0 unspecified atom stereocenters. The van der Waals surface area contributed by atoms with Crippen LogP contribution in [0, 0.1) is 0 Å². The van der Waals surface area contributed by atoms with Gasteiger partial charge in [0.15, 0.2) is 11.5 Å². The van der Waals surface area contributed by atoms with Crippen LogP contribution < -0.4 is 9.47 Å². The molecule has 192 valence electrons. The molecule has 0 saturated carbocycles. The van der Waals surface area contributed by atoms with Crippen molar-refractivity contribution in [2.24, 2.45) is 0 Å². The molecule has 0 atom stereocenters. The van der Waals surface area contributed by atoms with Crippen molar-refractivity contribution in [1.82, 2.24) is 4.90 Å². The van der Waals surface area contributed by atoms with Crippen molar-refractivity contribution in [3.63, 3.8) is 0 Å². The van der Waals surface area contributed by atoms with Gasteiger partial charge in [-0.2, -0.15) is 0 Å². The maximum atomic E-state index is 13.0. The highest BCUT2D eigenvalue weighted by molar-refractivity contribution is 8.18. The summed E-state index contributed by atoms with van der Waals surface area (Å²) in [6.45, 7) is 2.85. The first-order valence-electron chi connectivity index (χ1n) is 12.0. The number of benzene rings is 4. The van der Waals surface area contributed by atoms with Crippen LogP contribution in [0.15, 0.2) is 83.8 Å². The number of fused-ring (bicyclic) bond motifs is 1. The number of amides is 2. The molecule has 0 aliphatic carbocycles. The number of imide groups is 1. The number of rotatable bonds is 8. The summed E-state index contributed by atoms with van der Waals surface area (Å²) in [5, 5.41) is 2.78. The molecule has 8 heteroatoms. The minimum Gasteiger partial charge on any atom is -0.490 e. The molecule has 5 nitrogen and oxygen atoms in total. The first-order valence-corrected chi connectivity index (χ1v) is 13.5. The second-order valence-electron chi connectivity index (χ2n) is 8.63. The maximum Gasteiger partial charge on any atom is 0.293 e. The van der Waals surface area contributed by atoms with E-state index in [1.165, 1.54) is 10.3 Å². The summed E-state index contributed by atoms with van der Waals surface area (Å²) in [4.78, 5) is 27.1. The van der Waals surface area contributed by atoms with E-state index in [0.29, 0.717) is 39.7 Å². The van der Waals surface area contributed by atoms with E-state index in [0.717, 1.165) is 33.8 Å². The van der Waals surface area contributed by atoms with Crippen molar-refractivity contribution >= 4 is 63.0 Å². The molecule has 0 radical (unpaired) electrons. The zero-order valence-corrected chi connectivity index (χ0v) is 22.8. The number of hydrogen-bond acceptors (Lipinski definition) is 5. The Labute approximate surface area is 234 Å². The minimum atomic E-state index is -0.360. The fourth-order valence-electron chi connectivity index (χ4n) is 4.10. The van der Waals surface area contributed by atoms with Gasteiger partial charge in [0.25, 0.3) is 11.1 Å². The van der Waals surface area contributed by atoms with Gasteiger partial charge in [-0.05, 0) is 82.6 Å². The van der Waals surface area contributed by atoms with E-state index >= 15 is 0 Å². The molecule has 38 heavy (non-hydrogen) atoms. The van der Waals surface area contributed by atoms with Crippen LogP contribution in [0.5, 0.6) is 11.5 Å². The van der Waals surface area contributed by atoms with Crippen molar-refractivity contribution in [3.05, 3.63) is 111 Å². The Balaban J connectivity index is 1.31. The van der Waals surface area contributed by atoms with E-state index in [4.69, 9.17) is 32.7 Å². The molecule has 1 aliphatic heterocycles. The van der Waals surface area contributed by atoms with E-state index in [1.54, 1.807) is 24.3 Å². The summed E-state index contributed by atoms with van der Waals surface area (Å²) < 4.78 is 11.9. The number of nitrogens with zero attached hydrogens (tertiary/aromatic N) is 1. The lowest BCUT2D eigenvalue weighted by atomic mass is 10.1. The van der Waals surface area contributed by atoms with Crippen LogP contribution in [0.3, 0.4) is 0 Å². The van der Waals surface area contributed by atoms with Gasteiger partial charge in [-0.25, -0.2) is 0 Å².